The zero-order chi connectivity index (χ0) is 12.5. The maximum atomic E-state index is 3.67. The molecule has 0 saturated carbocycles. The van der Waals surface area contributed by atoms with Crippen LogP contribution in [0.3, 0.4) is 0 Å². The third-order valence-corrected chi connectivity index (χ3v) is 3.88. The van der Waals surface area contributed by atoms with Gasteiger partial charge in [0.25, 0.3) is 0 Å². The molecule has 94 valence electrons. The molecule has 18 heavy (non-hydrogen) atoms. The van der Waals surface area contributed by atoms with Crippen LogP contribution in [0.5, 0.6) is 0 Å². The Balaban J connectivity index is 2.06. The van der Waals surface area contributed by atoms with Crippen LogP contribution in [-0.4, -0.2) is 13.2 Å². The summed E-state index contributed by atoms with van der Waals surface area (Å²) in [6.45, 7) is 2.25. The molecule has 1 aliphatic rings. The van der Waals surface area contributed by atoms with Gasteiger partial charge in [-0.15, -0.1) is 0 Å². The van der Waals surface area contributed by atoms with Crippen molar-refractivity contribution in [2.45, 2.75) is 32.4 Å². The van der Waals surface area contributed by atoms with Crippen molar-refractivity contribution >= 4 is 22.1 Å². The molecule has 2 nitrogen and oxygen atoms in total. The van der Waals surface area contributed by atoms with Gasteiger partial charge in [-0.25, -0.2) is 0 Å². The number of nitrogens with one attached hydrogen (secondary N) is 1. The average Bonchev–Trinajstić information content (AvgIpc) is 2.41. The maximum absolute atomic E-state index is 3.67. The third-order valence-electron chi connectivity index (χ3n) is 3.88. The quantitative estimate of drug-likeness (QED) is 0.864. The largest absolute Gasteiger partial charge is 0.365 e. The lowest BCUT2D eigenvalue weighted by molar-refractivity contribution is 0.596. The summed E-state index contributed by atoms with van der Waals surface area (Å²) in [7, 11) is 2.19. The lowest BCUT2D eigenvalue weighted by Crippen LogP contribution is -2.40. The summed E-state index contributed by atoms with van der Waals surface area (Å²) in [5, 5.41) is 6.35. The molecule has 2 aromatic rings. The van der Waals surface area contributed by atoms with Gasteiger partial charge < -0.3 is 10.2 Å². The standard InChI is InChI=1S/C16H20N2/c1-3-4-11-15-17-13-9-5-7-12-8-6-10-14(16(12)13)18(15)2/h5-10,15,17H,3-4,11H2,1-2H3. The number of rotatable bonds is 3. The number of benzene rings is 2. The van der Waals surface area contributed by atoms with Gasteiger partial charge in [0.05, 0.1) is 6.17 Å². The summed E-state index contributed by atoms with van der Waals surface area (Å²) in [5.74, 6) is 0. The Morgan fingerprint density at radius 1 is 1.17 bits per heavy atom. The van der Waals surface area contributed by atoms with E-state index in [0.29, 0.717) is 6.17 Å². The first-order valence-electron chi connectivity index (χ1n) is 6.82. The maximum Gasteiger partial charge on any atom is 0.0987 e. The number of hydrogen-bond donors (Lipinski definition) is 1. The van der Waals surface area contributed by atoms with Crippen LogP contribution in [0, 0.1) is 0 Å². The molecule has 1 heterocycles. The highest BCUT2D eigenvalue weighted by molar-refractivity contribution is 6.05. The van der Waals surface area contributed by atoms with E-state index < -0.39 is 0 Å². The molecule has 0 saturated heterocycles. The summed E-state index contributed by atoms with van der Waals surface area (Å²) >= 11 is 0. The molecule has 0 spiro atoms. The van der Waals surface area contributed by atoms with Crippen molar-refractivity contribution < 1.29 is 0 Å². The van der Waals surface area contributed by atoms with E-state index in [1.165, 1.54) is 41.4 Å². The normalized spacial score (nSPS) is 17.9. The molecule has 1 N–H and O–H groups in total. The Kier molecular flexibility index (Phi) is 2.86. The molecule has 1 unspecified atom stereocenters. The van der Waals surface area contributed by atoms with Gasteiger partial charge in [0, 0.05) is 23.8 Å². The highest BCUT2D eigenvalue weighted by Crippen LogP contribution is 2.38. The highest BCUT2D eigenvalue weighted by atomic mass is 15.3. The third kappa shape index (κ3) is 1.72. The van der Waals surface area contributed by atoms with E-state index in [1.54, 1.807) is 0 Å². The van der Waals surface area contributed by atoms with Crippen LogP contribution < -0.4 is 10.2 Å². The molecule has 0 amide bonds. The Morgan fingerprint density at radius 3 is 2.72 bits per heavy atom. The SMILES string of the molecule is CCCCC1Nc2cccc3cccc(c23)N1C. The Hall–Kier alpha value is -1.70. The van der Waals surface area contributed by atoms with Crippen molar-refractivity contribution in [3.05, 3.63) is 36.4 Å². The minimum Gasteiger partial charge on any atom is -0.365 e. The first kappa shape index (κ1) is 11.4. The van der Waals surface area contributed by atoms with Crippen molar-refractivity contribution in [3.63, 3.8) is 0 Å². The van der Waals surface area contributed by atoms with E-state index in [-0.39, 0.29) is 0 Å². The van der Waals surface area contributed by atoms with Crippen molar-refractivity contribution in [2.75, 3.05) is 17.3 Å². The van der Waals surface area contributed by atoms with Crippen molar-refractivity contribution in [2.24, 2.45) is 0 Å². The Labute approximate surface area is 109 Å². The summed E-state index contributed by atoms with van der Waals surface area (Å²) in [5.41, 5.74) is 2.63. The molecular weight excluding hydrogens is 220 g/mol. The predicted molar refractivity (Wildman–Crippen MR) is 79.3 cm³/mol. The Morgan fingerprint density at radius 2 is 1.94 bits per heavy atom. The molecule has 0 aliphatic carbocycles. The van der Waals surface area contributed by atoms with E-state index in [9.17, 15) is 0 Å². The van der Waals surface area contributed by atoms with Crippen molar-refractivity contribution in [3.8, 4) is 0 Å². The number of nitrogens with zero attached hydrogens (tertiary/aromatic N) is 1. The molecule has 1 atom stereocenters. The molecule has 0 aromatic heterocycles. The second-order valence-corrected chi connectivity index (χ2v) is 5.09. The van der Waals surface area contributed by atoms with Crippen molar-refractivity contribution in [1.82, 2.24) is 0 Å². The summed E-state index contributed by atoms with van der Waals surface area (Å²) in [6.07, 6.45) is 4.13. The minimum atomic E-state index is 0.422. The fraction of sp³-hybridized carbons (Fsp3) is 0.375. The minimum absolute atomic E-state index is 0.422. The summed E-state index contributed by atoms with van der Waals surface area (Å²) in [4.78, 5) is 2.38. The van der Waals surface area contributed by atoms with Gasteiger partial charge in [-0.05, 0) is 30.4 Å². The first-order chi connectivity index (χ1) is 8.81. The lowest BCUT2D eigenvalue weighted by Gasteiger charge is -2.37. The molecule has 1 aliphatic heterocycles. The van der Waals surface area contributed by atoms with Gasteiger partial charge in [-0.2, -0.15) is 0 Å². The van der Waals surface area contributed by atoms with Crippen LogP contribution >= 0.6 is 0 Å². The van der Waals surface area contributed by atoms with Gasteiger partial charge in [0.1, 0.15) is 0 Å². The molecule has 2 heteroatoms. The molecular formula is C16H20N2. The molecule has 0 fully saturated rings. The average molecular weight is 240 g/mol. The van der Waals surface area contributed by atoms with Crippen LogP contribution in [0.1, 0.15) is 26.2 Å². The number of anilines is 2. The van der Waals surface area contributed by atoms with Crippen LogP contribution in [0.25, 0.3) is 10.8 Å². The van der Waals surface area contributed by atoms with E-state index in [1.807, 2.05) is 0 Å². The second-order valence-electron chi connectivity index (χ2n) is 5.09. The zero-order valence-corrected chi connectivity index (χ0v) is 11.1. The second kappa shape index (κ2) is 4.52. The molecule has 2 aromatic carbocycles. The first-order valence-corrected chi connectivity index (χ1v) is 6.82. The summed E-state index contributed by atoms with van der Waals surface area (Å²) < 4.78 is 0. The van der Waals surface area contributed by atoms with E-state index >= 15 is 0 Å². The van der Waals surface area contributed by atoms with Gasteiger partial charge in [-0.3, -0.25) is 0 Å². The number of unbranched alkanes of at least 4 members (excludes halogenated alkanes) is 1. The zero-order valence-electron chi connectivity index (χ0n) is 11.1. The Bertz CT molecular complexity index is 557. The van der Waals surface area contributed by atoms with Gasteiger partial charge in [-0.1, -0.05) is 37.6 Å². The van der Waals surface area contributed by atoms with E-state index in [0.717, 1.165) is 0 Å². The fourth-order valence-corrected chi connectivity index (χ4v) is 2.84. The van der Waals surface area contributed by atoms with Crippen LogP contribution in [-0.2, 0) is 0 Å². The van der Waals surface area contributed by atoms with E-state index in [2.05, 4.69) is 60.6 Å². The van der Waals surface area contributed by atoms with Crippen molar-refractivity contribution in [1.29, 1.82) is 0 Å². The molecule has 0 bridgehead atoms. The topological polar surface area (TPSA) is 15.3 Å². The van der Waals surface area contributed by atoms with E-state index in [4.69, 9.17) is 0 Å². The van der Waals surface area contributed by atoms with Crippen LogP contribution in [0.2, 0.25) is 0 Å². The number of hydrogen-bond acceptors (Lipinski definition) is 2. The van der Waals surface area contributed by atoms with Crippen LogP contribution in [0.15, 0.2) is 36.4 Å². The predicted octanol–water partition coefficient (Wildman–Crippen LogP) is 4.22. The monoisotopic (exact) mass is 240 g/mol. The molecule has 3 rings (SSSR count). The fourth-order valence-electron chi connectivity index (χ4n) is 2.84. The highest BCUT2D eigenvalue weighted by Gasteiger charge is 2.23. The summed E-state index contributed by atoms with van der Waals surface area (Å²) in [6, 6.07) is 13.1. The van der Waals surface area contributed by atoms with Gasteiger partial charge >= 0.3 is 0 Å². The van der Waals surface area contributed by atoms with Gasteiger partial charge in [0.2, 0.25) is 0 Å². The van der Waals surface area contributed by atoms with Gasteiger partial charge in [0.15, 0.2) is 0 Å². The molecule has 0 radical (unpaired) electrons. The van der Waals surface area contributed by atoms with Crippen LogP contribution in [0.4, 0.5) is 11.4 Å². The lowest BCUT2D eigenvalue weighted by atomic mass is 10.0. The smallest absolute Gasteiger partial charge is 0.0987 e.